The molecule has 0 N–H and O–H groups in total. The maximum Gasteiger partial charge on any atom is -0.00934 e. The van der Waals surface area contributed by atoms with E-state index in [1.165, 1.54) is 65.6 Å². The van der Waals surface area contributed by atoms with Gasteiger partial charge in [-0.2, -0.15) is 0 Å². The second-order valence-electron chi connectivity index (χ2n) is 20.6. The van der Waals surface area contributed by atoms with Gasteiger partial charge >= 0.3 is 0 Å². The predicted octanol–water partition coefficient (Wildman–Crippen LogP) is 7.24. The molecule has 25 unspecified atom stereocenters. The van der Waals surface area contributed by atoms with Crippen molar-refractivity contribution in [3.63, 3.8) is 0 Å². The first-order chi connectivity index (χ1) is 17.6. The van der Waals surface area contributed by atoms with Gasteiger partial charge in [-0.1, -0.05) is 55.4 Å². The van der Waals surface area contributed by atoms with Crippen LogP contribution in [0, 0.1) is 149 Å². The molecule has 0 bridgehead atoms. The standard InChI is InChI=1S/C37H46/c1-9-32-13(3)17-24-20-16-11-33-23(22-21-19-15-10-12(2)28(15,5)29(19,6)30(21,7)31(22,33)8)26-27-25-18(14(32)4)35(17,32)37(24,25)36(20,27)34(16,26)33/h12-27H,9-11H2,1-8H3/t12?,13?,14?,15?,16-,17?,18?,19?,20?,21?,22?,23?,24?,25?,26?,27?,28?,29?,30?,31?,32?,33?,34?,35?,36?,37?/m1/s1. The van der Waals surface area contributed by atoms with Gasteiger partial charge in [0.1, 0.15) is 0 Å². The fourth-order valence-electron chi connectivity index (χ4n) is 26.6. The third kappa shape index (κ3) is 0.717. The molecule has 26 atom stereocenters. The molecule has 0 aromatic carbocycles. The Hall–Kier alpha value is 0. The van der Waals surface area contributed by atoms with E-state index in [1.54, 1.807) is 12.8 Å². The molecule has 37 heavy (non-hydrogen) atoms. The highest BCUT2D eigenvalue weighted by Gasteiger charge is 3.28. The second-order valence-corrected chi connectivity index (χ2v) is 20.6. The van der Waals surface area contributed by atoms with Crippen LogP contribution in [0.25, 0.3) is 0 Å². The molecule has 0 saturated heterocycles. The van der Waals surface area contributed by atoms with E-state index in [9.17, 15) is 0 Å². The lowest BCUT2D eigenvalue weighted by atomic mass is 8.73. The molecule has 0 aromatic rings. The molecule has 0 aromatic heterocycles. The average molecular weight is 491 g/mol. The minimum absolute atomic E-state index is 0.684. The zero-order chi connectivity index (χ0) is 24.4. The highest BCUT2D eigenvalue weighted by molar-refractivity contribution is 5.74. The maximum absolute atomic E-state index is 2.98. The summed E-state index contributed by atoms with van der Waals surface area (Å²) in [6, 6.07) is 0. The fraction of sp³-hybridized carbons (Fsp3) is 1.00. The van der Waals surface area contributed by atoms with Crippen LogP contribution < -0.4 is 0 Å². The molecule has 0 radical (unpaired) electrons. The molecular formula is C37H46. The van der Waals surface area contributed by atoms with Crippen molar-refractivity contribution in [1.82, 2.24) is 0 Å². The van der Waals surface area contributed by atoms with Crippen LogP contribution in [0.3, 0.4) is 0 Å². The van der Waals surface area contributed by atoms with Crippen molar-refractivity contribution < 1.29 is 0 Å². The van der Waals surface area contributed by atoms with E-state index >= 15 is 0 Å². The summed E-state index contributed by atoms with van der Waals surface area (Å²) in [5.41, 5.74) is 8.24. The summed E-state index contributed by atoms with van der Waals surface area (Å²) in [6.07, 6.45) is 4.85. The zero-order valence-corrected chi connectivity index (χ0v) is 24.4. The van der Waals surface area contributed by atoms with Crippen molar-refractivity contribution in [3.8, 4) is 0 Å². The first kappa shape index (κ1) is 18.4. The van der Waals surface area contributed by atoms with Crippen molar-refractivity contribution in [2.24, 2.45) is 149 Å². The van der Waals surface area contributed by atoms with E-state index in [1.807, 2.05) is 0 Å². The van der Waals surface area contributed by atoms with Crippen LogP contribution in [0.4, 0.5) is 0 Å². The van der Waals surface area contributed by atoms with E-state index in [4.69, 9.17) is 0 Å². The largest absolute Gasteiger partial charge is 0.0648 e. The van der Waals surface area contributed by atoms with Gasteiger partial charge in [0.2, 0.25) is 0 Å². The number of hydrogen-bond donors (Lipinski definition) is 0. The Morgan fingerprint density at radius 2 is 1.14 bits per heavy atom. The van der Waals surface area contributed by atoms with E-state index in [2.05, 4.69) is 55.4 Å². The van der Waals surface area contributed by atoms with Gasteiger partial charge in [-0.15, -0.1) is 0 Å². The van der Waals surface area contributed by atoms with Crippen LogP contribution in [0.5, 0.6) is 0 Å². The second kappa shape index (κ2) is 3.58. The Morgan fingerprint density at radius 1 is 0.541 bits per heavy atom. The Kier molecular flexibility index (Phi) is 1.78. The maximum atomic E-state index is 2.98. The Labute approximate surface area is 223 Å². The molecule has 15 saturated carbocycles. The molecule has 0 heterocycles. The van der Waals surface area contributed by atoms with Gasteiger partial charge in [0.25, 0.3) is 0 Å². The van der Waals surface area contributed by atoms with Crippen LogP contribution in [0.2, 0.25) is 0 Å². The first-order valence-corrected chi connectivity index (χ1v) is 17.6. The van der Waals surface area contributed by atoms with E-state index in [0.717, 1.165) is 73.4 Å². The van der Waals surface area contributed by atoms with E-state index < -0.39 is 0 Å². The Morgan fingerprint density at radius 3 is 1.81 bits per heavy atom. The SMILES string of the molecule is CCC12C(C)C3C4C5C6C7C8C9C%10C%11CC(C)C%11(C)C%10(C)C9(C)C8(C)C78C[C@@H]7C9C%10C(C1C)C32C4%10C59C678. The van der Waals surface area contributed by atoms with Gasteiger partial charge in [-0.25, -0.2) is 0 Å². The van der Waals surface area contributed by atoms with Gasteiger partial charge < -0.3 is 0 Å². The molecule has 0 heteroatoms. The zero-order valence-electron chi connectivity index (χ0n) is 24.4. The third-order valence-corrected chi connectivity index (χ3v) is 25.2. The van der Waals surface area contributed by atoms with Crippen LogP contribution in [0.15, 0.2) is 0 Å². The number of hydrogen-bond acceptors (Lipinski definition) is 0. The molecule has 0 nitrogen and oxygen atoms in total. The van der Waals surface area contributed by atoms with Gasteiger partial charge in [0, 0.05) is 0 Å². The molecule has 15 aliphatic rings. The predicted molar refractivity (Wildman–Crippen MR) is 139 cm³/mol. The molecular weight excluding hydrogens is 444 g/mol. The highest BCUT2D eigenvalue weighted by atomic mass is 15.3. The summed E-state index contributed by atoms with van der Waals surface area (Å²) in [5, 5.41) is 0. The normalized spacial score (nSPS) is 101. The van der Waals surface area contributed by atoms with E-state index in [0.29, 0.717) is 16.2 Å². The van der Waals surface area contributed by atoms with E-state index in [-0.39, 0.29) is 0 Å². The van der Waals surface area contributed by atoms with Crippen molar-refractivity contribution in [3.05, 3.63) is 0 Å². The summed E-state index contributed by atoms with van der Waals surface area (Å²) >= 11 is 0. The molecule has 194 valence electrons. The molecule has 0 amide bonds. The smallest absolute Gasteiger partial charge is 0.00934 e. The summed E-state index contributed by atoms with van der Waals surface area (Å²) in [7, 11) is 0. The van der Waals surface area contributed by atoms with Gasteiger partial charge in [-0.3, -0.25) is 0 Å². The molecule has 15 fully saturated rings. The van der Waals surface area contributed by atoms with Crippen molar-refractivity contribution >= 4 is 0 Å². The van der Waals surface area contributed by atoms with Crippen molar-refractivity contribution in [2.45, 2.75) is 74.7 Å². The third-order valence-electron chi connectivity index (χ3n) is 25.2. The average Bonchev–Trinajstić information content (AvgIpc) is 2.83. The van der Waals surface area contributed by atoms with Crippen LogP contribution >= 0.6 is 0 Å². The Bertz CT molecular complexity index is 1510. The van der Waals surface area contributed by atoms with Crippen LogP contribution in [0.1, 0.15) is 74.7 Å². The van der Waals surface area contributed by atoms with Gasteiger partial charge in [-0.05, 0) is 168 Å². The Balaban J connectivity index is 0.930. The lowest BCUT2D eigenvalue weighted by Crippen LogP contribution is -3.27. The molecule has 15 aliphatic carbocycles. The van der Waals surface area contributed by atoms with Crippen molar-refractivity contribution in [1.29, 1.82) is 0 Å². The lowest BCUT2D eigenvalue weighted by Gasteiger charge is -3.30. The topological polar surface area (TPSA) is 0 Å². The number of rotatable bonds is 1. The monoisotopic (exact) mass is 490 g/mol. The minimum Gasteiger partial charge on any atom is -0.0648 e. The molecule has 0 aliphatic heterocycles. The van der Waals surface area contributed by atoms with Crippen LogP contribution in [-0.2, 0) is 0 Å². The van der Waals surface area contributed by atoms with Crippen LogP contribution in [-0.4, -0.2) is 0 Å². The molecule has 5 spiro atoms. The molecule has 15 rings (SSSR count). The quantitative estimate of drug-likeness (QED) is 0.340. The van der Waals surface area contributed by atoms with Gasteiger partial charge in [0.15, 0.2) is 0 Å². The lowest BCUT2D eigenvalue weighted by molar-refractivity contribution is -0.842. The minimum atomic E-state index is 0.684. The summed E-state index contributed by atoms with van der Waals surface area (Å²) in [4.78, 5) is 0. The fourth-order valence-corrected chi connectivity index (χ4v) is 26.6. The summed E-state index contributed by atoms with van der Waals surface area (Å²) in [6.45, 7) is 22.3. The summed E-state index contributed by atoms with van der Waals surface area (Å²) in [5.74, 6) is 18.9. The summed E-state index contributed by atoms with van der Waals surface area (Å²) < 4.78 is 0. The van der Waals surface area contributed by atoms with Crippen molar-refractivity contribution in [2.75, 3.05) is 0 Å². The van der Waals surface area contributed by atoms with Gasteiger partial charge in [0.05, 0.1) is 0 Å². The number of fused-ring (bicyclic) bond motifs is 18. The first-order valence-electron chi connectivity index (χ1n) is 17.6. The highest BCUT2D eigenvalue weighted by Crippen LogP contribution is 3.30.